The molecule has 1 fully saturated rings. The third-order valence-corrected chi connectivity index (χ3v) is 5.12. The molecule has 0 saturated carbocycles. The molecule has 1 aliphatic heterocycles. The van der Waals surface area contributed by atoms with Gasteiger partial charge in [0.1, 0.15) is 5.82 Å². The highest BCUT2D eigenvalue weighted by atomic mass is 32.2. The van der Waals surface area contributed by atoms with Crippen molar-refractivity contribution in [3.8, 4) is 0 Å². The predicted molar refractivity (Wildman–Crippen MR) is 91.3 cm³/mol. The largest absolute Gasteiger partial charge is 0.303 e. The summed E-state index contributed by atoms with van der Waals surface area (Å²) in [6, 6.07) is 10.5. The Balaban J connectivity index is 1.57. The lowest BCUT2D eigenvalue weighted by Crippen LogP contribution is -2.31. The molecule has 0 radical (unpaired) electrons. The number of thioether (sulfide) groups is 1. The molecule has 0 aliphatic carbocycles. The van der Waals surface area contributed by atoms with Crippen LogP contribution in [0.25, 0.3) is 0 Å². The van der Waals surface area contributed by atoms with Crippen LogP contribution in [0.4, 0.5) is 0 Å². The fourth-order valence-electron chi connectivity index (χ4n) is 2.87. The Bertz CT molecular complexity index is 576. The fourth-order valence-corrected chi connectivity index (χ4v) is 3.85. The number of piperidine rings is 1. The molecule has 0 bridgehead atoms. The van der Waals surface area contributed by atoms with Crippen molar-refractivity contribution in [2.24, 2.45) is 0 Å². The second-order valence-corrected chi connectivity index (χ2v) is 6.91. The normalized spacial score (nSPS) is 16.0. The van der Waals surface area contributed by atoms with E-state index in [0.29, 0.717) is 0 Å². The highest BCUT2D eigenvalue weighted by Gasteiger charge is 2.12. The molecular weight excluding hydrogens is 292 g/mol. The Labute approximate surface area is 136 Å². The van der Waals surface area contributed by atoms with E-state index in [1.807, 2.05) is 18.7 Å². The van der Waals surface area contributed by atoms with Crippen molar-refractivity contribution in [1.29, 1.82) is 0 Å². The van der Waals surface area contributed by atoms with Crippen LogP contribution in [0.1, 0.15) is 30.7 Å². The second kappa shape index (κ2) is 7.79. The Kier molecular flexibility index (Phi) is 5.51. The quantitative estimate of drug-likeness (QED) is 0.766. The van der Waals surface area contributed by atoms with Crippen molar-refractivity contribution in [1.82, 2.24) is 19.7 Å². The summed E-state index contributed by atoms with van der Waals surface area (Å²) in [6.45, 7) is 6.56. The third-order valence-electron chi connectivity index (χ3n) is 4.17. The second-order valence-electron chi connectivity index (χ2n) is 5.85. The molecule has 22 heavy (non-hydrogen) atoms. The first-order valence-corrected chi connectivity index (χ1v) is 9.10. The average molecular weight is 316 g/mol. The molecule has 0 amide bonds. The van der Waals surface area contributed by atoms with Crippen LogP contribution in [0, 0.1) is 6.92 Å². The van der Waals surface area contributed by atoms with Gasteiger partial charge in [-0.3, -0.25) is 0 Å². The fraction of sp³-hybridized carbons (Fsp3) is 0.529. The van der Waals surface area contributed by atoms with Crippen LogP contribution in [0.5, 0.6) is 0 Å². The molecule has 1 saturated heterocycles. The lowest BCUT2D eigenvalue weighted by atomic mass is 10.1. The van der Waals surface area contributed by atoms with Crippen LogP contribution in [0.15, 0.2) is 35.5 Å². The van der Waals surface area contributed by atoms with E-state index >= 15 is 0 Å². The number of aryl methyl sites for hydroxylation is 1. The Morgan fingerprint density at radius 3 is 2.59 bits per heavy atom. The summed E-state index contributed by atoms with van der Waals surface area (Å²) in [6.07, 6.45) is 4.11. The Hall–Kier alpha value is -1.33. The number of hydrogen-bond donors (Lipinski definition) is 0. The molecule has 0 N–H and O–H groups in total. The van der Waals surface area contributed by atoms with Gasteiger partial charge in [0, 0.05) is 12.3 Å². The van der Waals surface area contributed by atoms with Crippen molar-refractivity contribution < 1.29 is 0 Å². The van der Waals surface area contributed by atoms with Crippen LogP contribution in [0.3, 0.4) is 0 Å². The van der Waals surface area contributed by atoms with Crippen molar-refractivity contribution in [2.45, 2.75) is 37.9 Å². The number of aromatic nitrogens is 3. The zero-order valence-corrected chi connectivity index (χ0v) is 14.1. The number of nitrogens with zero attached hydrogens (tertiary/aromatic N) is 4. The van der Waals surface area contributed by atoms with E-state index in [0.717, 1.165) is 29.8 Å². The van der Waals surface area contributed by atoms with Gasteiger partial charge in [0.2, 0.25) is 0 Å². The van der Waals surface area contributed by atoms with Crippen LogP contribution in [0.2, 0.25) is 0 Å². The van der Waals surface area contributed by atoms with E-state index in [9.17, 15) is 0 Å². The maximum Gasteiger partial charge on any atom is 0.191 e. The molecule has 4 nitrogen and oxygen atoms in total. The standard InChI is InChI=1S/C17H24N4S/c1-15-18-19-17(21(15)14-16-8-4-2-5-9-16)22-13-12-20-10-6-3-7-11-20/h2,4-5,8-9H,3,6-7,10-14H2,1H3. The molecule has 1 aromatic carbocycles. The van der Waals surface area contributed by atoms with Gasteiger partial charge in [0.25, 0.3) is 0 Å². The third kappa shape index (κ3) is 4.11. The van der Waals surface area contributed by atoms with Gasteiger partial charge >= 0.3 is 0 Å². The van der Waals surface area contributed by atoms with E-state index in [2.05, 4.69) is 50.0 Å². The van der Waals surface area contributed by atoms with E-state index in [4.69, 9.17) is 0 Å². The highest BCUT2D eigenvalue weighted by molar-refractivity contribution is 7.99. The van der Waals surface area contributed by atoms with Crippen molar-refractivity contribution >= 4 is 11.8 Å². The molecule has 1 aromatic heterocycles. The first-order valence-electron chi connectivity index (χ1n) is 8.12. The summed E-state index contributed by atoms with van der Waals surface area (Å²) < 4.78 is 2.22. The van der Waals surface area contributed by atoms with Gasteiger partial charge in [-0.05, 0) is 38.4 Å². The van der Waals surface area contributed by atoms with E-state index in [1.54, 1.807) is 0 Å². The maximum atomic E-state index is 4.35. The molecule has 0 spiro atoms. The summed E-state index contributed by atoms with van der Waals surface area (Å²) >= 11 is 1.83. The van der Waals surface area contributed by atoms with Gasteiger partial charge in [-0.15, -0.1) is 10.2 Å². The average Bonchev–Trinajstić information content (AvgIpc) is 2.90. The molecule has 3 rings (SSSR count). The zero-order valence-electron chi connectivity index (χ0n) is 13.2. The van der Waals surface area contributed by atoms with Crippen molar-refractivity contribution in [3.63, 3.8) is 0 Å². The molecule has 2 heterocycles. The van der Waals surface area contributed by atoms with E-state index < -0.39 is 0 Å². The van der Waals surface area contributed by atoms with Gasteiger partial charge in [-0.2, -0.15) is 0 Å². The van der Waals surface area contributed by atoms with Gasteiger partial charge in [-0.25, -0.2) is 0 Å². The minimum Gasteiger partial charge on any atom is -0.303 e. The van der Waals surface area contributed by atoms with Crippen molar-refractivity contribution in [2.75, 3.05) is 25.4 Å². The zero-order chi connectivity index (χ0) is 15.2. The topological polar surface area (TPSA) is 34.0 Å². The van der Waals surface area contributed by atoms with E-state index in [-0.39, 0.29) is 0 Å². The molecular formula is C17H24N4S. The number of rotatable bonds is 6. The molecule has 1 aliphatic rings. The molecule has 5 heteroatoms. The molecule has 0 atom stereocenters. The first-order chi connectivity index (χ1) is 10.8. The summed E-state index contributed by atoms with van der Waals surface area (Å²) in [4.78, 5) is 2.57. The van der Waals surface area contributed by atoms with Crippen molar-refractivity contribution in [3.05, 3.63) is 41.7 Å². The number of benzene rings is 1. The monoisotopic (exact) mass is 316 g/mol. The van der Waals surface area contributed by atoms with Crippen LogP contribution in [-0.4, -0.2) is 45.1 Å². The minimum absolute atomic E-state index is 0.853. The molecule has 118 valence electrons. The van der Waals surface area contributed by atoms with Gasteiger partial charge in [0.05, 0.1) is 6.54 Å². The lowest BCUT2D eigenvalue weighted by Gasteiger charge is -2.25. The van der Waals surface area contributed by atoms with Gasteiger partial charge in [0.15, 0.2) is 5.16 Å². The lowest BCUT2D eigenvalue weighted by molar-refractivity contribution is 0.242. The smallest absolute Gasteiger partial charge is 0.191 e. The van der Waals surface area contributed by atoms with Crippen LogP contribution < -0.4 is 0 Å². The molecule has 0 unspecified atom stereocenters. The highest BCUT2D eigenvalue weighted by Crippen LogP contribution is 2.19. The molecule has 2 aromatic rings. The van der Waals surface area contributed by atoms with Gasteiger partial charge in [-0.1, -0.05) is 48.5 Å². The predicted octanol–water partition coefficient (Wildman–Crippen LogP) is 3.21. The summed E-state index contributed by atoms with van der Waals surface area (Å²) in [5.41, 5.74) is 1.29. The van der Waals surface area contributed by atoms with E-state index in [1.165, 1.54) is 37.9 Å². The Morgan fingerprint density at radius 2 is 1.82 bits per heavy atom. The summed E-state index contributed by atoms with van der Waals surface area (Å²) in [5.74, 6) is 2.08. The SMILES string of the molecule is Cc1nnc(SCCN2CCCCC2)n1Cc1ccccc1. The number of likely N-dealkylation sites (tertiary alicyclic amines) is 1. The number of hydrogen-bond acceptors (Lipinski definition) is 4. The Morgan fingerprint density at radius 1 is 1.05 bits per heavy atom. The van der Waals surface area contributed by atoms with Gasteiger partial charge < -0.3 is 9.47 Å². The van der Waals surface area contributed by atoms with Crippen LogP contribution in [-0.2, 0) is 6.54 Å². The van der Waals surface area contributed by atoms with Crippen LogP contribution >= 0.6 is 11.8 Å². The maximum absolute atomic E-state index is 4.35. The summed E-state index contributed by atoms with van der Waals surface area (Å²) in [7, 11) is 0. The summed E-state index contributed by atoms with van der Waals surface area (Å²) in [5, 5.41) is 9.65. The minimum atomic E-state index is 0.853. The first kappa shape index (κ1) is 15.6.